The number of hydrogen-bond donors (Lipinski definition) is 2. The van der Waals surface area contributed by atoms with Crippen LogP contribution in [0.5, 0.6) is 0 Å². The highest BCUT2D eigenvalue weighted by atomic mass is 16.2. The fourth-order valence-electron chi connectivity index (χ4n) is 5.47. The smallest absolute Gasteiger partial charge is 0.234 e. The van der Waals surface area contributed by atoms with Crippen molar-refractivity contribution in [2.45, 2.75) is 58.5 Å². The van der Waals surface area contributed by atoms with E-state index in [2.05, 4.69) is 32.3 Å². The first kappa shape index (κ1) is 23.5. The summed E-state index contributed by atoms with van der Waals surface area (Å²) >= 11 is 0. The van der Waals surface area contributed by atoms with Crippen LogP contribution in [0.2, 0.25) is 0 Å². The van der Waals surface area contributed by atoms with Crippen LogP contribution in [0.1, 0.15) is 53.6 Å². The van der Waals surface area contributed by atoms with E-state index in [1.807, 2.05) is 36.4 Å². The van der Waals surface area contributed by atoms with E-state index in [1.165, 1.54) is 35.8 Å². The molecule has 1 saturated heterocycles. The Balaban J connectivity index is 1.18. The number of aromatic nitrogens is 2. The van der Waals surface area contributed by atoms with Crippen LogP contribution in [0.25, 0.3) is 10.9 Å². The number of rotatable bonds is 7. The lowest BCUT2D eigenvalue weighted by molar-refractivity contribution is -0.132. The van der Waals surface area contributed by atoms with Crippen molar-refractivity contribution < 1.29 is 9.59 Å². The standard InChI is InChI=1S/C28H35N5O2/c1-20-25(17-31-27(34)19-32-12-5-2-6-13-32)23-11-14-33(18-22(23)16-29-20)28(35)10-9-21-15-30-26-8-4-3-7-24(21)26/h3-4,7-8,15-16,30H,2,5-6,9-14,17-19H2,1H3,(H,31,34). The fraction of sp³-hybridized carbons (Fsp3) is 0.464. The van der Waals surface area contributed by atoms with Crippen molar-refractivity contribution in [3.8, 4) is 0 Å². The number of hydrogen-bond acceptors (Lipinski definition) is 4. The lowest BCUT2D eigenvalue weighted by Crippen LogP contribution is -2.40. The number of amides is 2. The molecular formula is C28H35N5O2. The van der Waals surface area contributed by atoms with E-state index in [9.17, 15) is 9.59 Å². The van der Waals surface area contributed by atoms with Crippen molar-refractivity contribution in [3.63, 3.8) is 0 Å². The zero-order valence-electron chi connectivity index (χ0n) is 20.6. The Morgan fingerprint density at radius 1 is 1.11 bits per heavy atom. The molecule has 0 spiro atoms. The summed E-state index contributed by atoms with van der Waals surface area (Å²) in [6.07, 6.45) is 9.57. The monoisotopic (exact) mass is 473 g/mol. The maximum Gasteiger partial charge on any atom is 0.234 e. The van der Waals surface area contributed by atoms with Crippen LogP contribution in [0.15, 0.2) is 36.7 Å². The molecule has 0 radical (unpaired) electrons. The summed E-state index contributed by atoms with van der Waals surface area (Å²) in [6, 6.07) is 8.21. The van der Waals surface area contributed by atoms with Gasteiger partial charge in [-0.25, -0.2) is 0 Å². The molecule has 184 valence electrons. The number of aryl methyl sites for hydroxylation is 2. The minimum absolute atomic E-state index is 0.0776. The van der Waals surface area contributed by atoms with Gasteiger partial charge in [0.2, 0.25) is 11.8 Å². The molecule has 35 heavy (non-hydrogen) atoms. The Bertz CT molecular complexity index is 1210. The van der Waals surface area contributed by atoms with Crippen LogP contribution in [-0.4, -0.2) is 57.8 Å². The number of carbonyl (C=O) groups excluding carboxylic acids is 2. The van der Waals surface area contributed by atoms with E-state index in [1.54, 1.807) is 0 Å². The highest BCUT2D eigenvalue weighted by Gasteiger charge is 2.24. The van der Waals surface area contributed by atoms with Gasteiger partial charge in [0.15, 0.2) is 0 Å². The van der Waals surface area contributed by atoms with Gasteiger partial charge < -0.3 is 15.2 Å². The zero-order chi connectivity index (χ0) is 24.2. The third-order valence-corrected chi connectivity index (χ3v) is 7.51. The number of H-pyrrole nitrogens is 1. The van der Waals surface area contributed by atoms with Crippen LogP contribution in [-0.2, 0) is 35.5 Å². The Morgan fingerprint density at radius 2 is 1.94 bits per heavy atom. The average molecular weight is 474 g/mol. The number of para-hydroxylation sites is 1. The van der Waals surface area contributed by atoms with Crippen LogP contribution >= 0.6 is 0 Å². The van der Waals surface area contributed by atoms with Gasteiger partial charge in [0, 0.05) is 55.0 Å². The van der Waals surface area contributed by atoms with Gasteiger partial charge in [0.1, 0.15) is 0 Å². The molecule has 2 amide bonds. The molecule has 0 saturated carbocycles. The van der Waals surface area contributed by atoms with Gasteiger partial charge in [-0.1, -0.05) is 24.6 Å². The first-order valence-electron chi connectivity index (χ1n) is 12.9. The Morgan fingerprint density at radius 3 is 2.80 bits per heavy atom. The number of aromatic amines is 1. The molecule has 4 heterocycles. The van der Waals surface area contributed by atoms with E-state index in [0.717, 1.165) is 48.3 Å². The van der Waals surface area contributed by atoms with E-state index in [-0.39, 0.29) is 11.8 Å². The number of nitrogens with one attached hydrogen (secondary N) is 2. The molecule has 2 N–H and O–H groups in total. The highest BCUT2D eigenvalue weighted by molar-refractivity contribution is 5.84. The minimum Gasteiger partial charge on any atom is -0.361 e. The van der Waals surface area contributed by atoms with E-state index in [0.29, 0.717) is 32.6 Å². The van der Waals surface area contributed by atoms with Crippen LogP contribution < -0.4 is 5.32 Å². The second-order valence-corrected chi connectivity index (χ2v) is 9.86. The molecule has 7 nitrogen and oxygen atoms in total. The zero-order valence-corrected chi connectivity index (χ0v) is 20.6. The molecule has 0 aliphatic carbocycles. The predicted octanol–water partition coefficient (Wildman–Crippen LogP) is 3.49. The quantitative estimate of drug-likeness (QED) is 0.550. The van der Waals surface area contributed by atoms with Gasteiger partial charge in [-0.05, 0) is 74.0 Å². The van der Waals surface area contributed by atoms with Crippen LogP contribution in [0.3, 0.4) is 0 Å². The highest BCUT2D eigenvalue weighted by Crippen LogP contribution is 2.25. The first-order valence-corrected chi connectivity index (χ1v) is 12.9. The van der Waals surface area contributed by atoms with E-state index < -0.39 is 0 Å². The summed E-state index contributed by atoms with van der Waals surface area (Å²) in [5, 5.41) is 4.31. The minimum atomic E-state index is 0.0776. The Labute approximate surface area is 206 Å². The molecule has 2 aliphatic heterocycles. The second kappa shape index (κ2) is 10.6. The second-order valence-electron chi connectivity index (χ2n) is 9.86. The van der Waals surface area contributed by atoms with Gasteiger partial charge in [0.25, 0.3) is 0 Å². The van der Waals surface area contributed by atoms with Crippen molar-refractivity contribution in [2.75, 3.05) is 26.2 Å². The summed E-state index contributed by atoms with van der Waals surface area (Å²) in [4.78, 5) is 37.6. The molecular weight excluding hydrogens is 438 g/mol. The molecule has 1 fully saturated rings. The average Bonchev–Trinajstić information content (AvgIpc) is 3.30. The number of carbonyl (C=O) groups is 2. The van der Waals surface area contributed by atoms with Gasteiger partial charge in [0.05, 0.1) is 6.54 Å². The van der Waals surface area contributed by atoms with Gasteiger partial charge >= 0.3 is 0 Å². The molecule has 1 aromatic carbocycles. The maximum atomic E-state index is 13.0. The number of pyridine rings is 1. The molecule has 7 heteroatoms. The lowest BCUT2D eigenvalue weighted by Gasteiger charge is -2.31. The van der Waals surface area contributed by atoms with E-state index >= 15 is 0 Å². The van der Waals surface area contributed by atoms with Gasteiger partial charge in [-0.3, -0.25) is 19.5 Å². The van der Waals surface area contributed by atoms with Crippen molar-refractivity contribution in [1.82, 2.24) is 25.1 Å². The number of likely N-dealkylation sites (tertiary alicyclic amines) is 1. The largest absolute Gasteiger partial charge is 0.361 e. The van der Waals surface area contributed by atoms with Gasteiger partial charge in [-0.15, -0.1) is 0 Å². The van der Waals surface area contributed by atoms with Crippen molar-refractivity contribution >= 4 is 22.7 Å². The number of fused-ring (bicyclic) bond motifs is 2. The van der Waals surface area contributed by atoms with Crippen molar-refractivity contribution in [3.05, 3.63) is 64.6 Å². The Kier molecular flexibility index (Phi) is 7.13. The van der Waals surface area contributed by atoms with Crippen LogP contribution in [0, 0.1) is 6.92 Å². The van der Waals surface area contributed by atoms with Crippen molar-refractivity contribution in [2.24, 2.45) is 0 Å². The number of piperidine rings is 1. The molecule has 0 atom stereocenters. The first-order chi connectivity index (χ1) is 17.1. The van der Waals surface area contributed by atoms with Crippen molar-refractivity contribution in [1.29, 1.82) is 0 Å². The van der Waals surface area contributed by atoms with Crippen LogP contribution in [0.4, 0.5) is 0 Å². The lowest BCUT2D eigenvalue weighted by atomic mass is 9.94. The molecule has 5 rings (SSSR count). The molecule has 3 aromatic rings. The fourth-order valence-corrected chi connectivity index (χ4v) is 5.47. The SMILES string of the molecule is Cc1ncc2c(c1CNC(=O)CN1CCCCC1)CCN(C(=O)CCc1c[nH]c3ccccc13)C2. The topological polar surface area (TPSA) is 81.3 Å². The number of benzene rings is 1. The van der Waals surface area contributed by atoms with Gasteiger partial charge in [-0.2, -0.15) is 0 Å². The Hall–Kier alpha value is -3.19. The third kappa shape index (κ3) is 5.40. The molecule has 2 aliphatic rings. The number of nitrogens with zero attached hydrogens (tertiary/aromatic N) is 3. The molecule has 2 aromatic heterocycles. The molecule has 0 bridgehead atoms. The normalized spacial score (nSPS) is 16.3. The summed E-state index contributed by atoms with van der Waals surface area (Å²) in [6.45, 7) is 6.30. The third-order valence-electron chi connectivity index (χ3n) is 7.51. The predicted molar refractivity (Wildman–Crippen MR) is 137 cm³/mol. The summed E-state index contributed by atoms with van der Waals surface area (Å²) in [7, 11) is 0. The summed E-state index contributed by atoms with van der Waals surface area (Å²) < 4.78 is 0. The maximum absolute atomic E-state index is 13.0. The summed E-state index contributed by atoms with van der Waals surface area (Å²) in [5.74, 6) is 0.256. The molecule has 0 unspecified atom stereocenters. The van der Waals surface area contributed by atoms with E-state index in [4.69, 9.17) is 0 Å². The summed E-state index contributed by atoms with van der Waals surface area (Å²) in [5.41, 5.74) is 6.71.